The van der Waals surface area contributed by atoms with Gasteiger partial charge in [0.2, 0.25) is 5.91 Å². The summed E-state index contributed by atoms with van der Waals surface area (Å²) in [6.07, 6.45) is 0.876. The van der Waals surface area contributed by atoms with Crippen LogP contribution in [0.15, 0.2) is 84.9 Å². The van der Waals surface area contributed by atoms with E-state index >= 15 is 0 Å². The van der Waals surface area contributed by atoms with Crippen LogP contribution in [0, 0.1) is 5.92 Å². The van der Waals surface area contributed by atoms with Crippen LogP contribution in [0.2, 0.25) is 0 Å². The predicted octanol–water partition coefficient (Wildman–Crippen LogP) is 4.69. The van der Waals surface area contributed by atoms with E-state index in [4.69, 9.17) is 0 Å². The van der Waals surface area contributed by atoms with E-state index < -0.39 is 0 Å². The molecule has 3 aromatic rings. The van der Waals surface area contributed by atoms with Crippen molar-refractivity contribution in [2.75, 3.05) is 18.4 Å². The quantitative estimate of drug-likeness (QED) is 0.712. The first-order valence-electron chi connectivity index (χ1n) is 9.51. The molecular formula is C24H24N2O. The Morgan fingerprint density at radius 1 is 0.815 bits per heavy atom. The fraction of sp³-hybridized carbons (Fsp3) is 0.208. The van der Waals surface area contributed by atoms with Crippen molar-refractivity contribution in [1.82, 2.24) is 5.32 Å². The van der Waals surface area contributed by atoms with Gasteiger partial charge in [-0.15, -0.1) is 0 Å². The third-order valence-corrected chi connectivity index (χ3v) is 5.23. The van der Waals surface area contributed by atoms with Crippen LogP contribution >= 0.6 is 0 Å². The molecule has 0 aliphatic carbocycles. The maximum absolute atomic E-state index is 12.8. The Bertz CT molecular complexity index is 893. The van der Waals surface area contributed by atoms with Crippen molar-refractivity contribution in [1.29, 1.82) is 0 Å². The molecule has 3 aromatic carbocycles. The highest BCUT2D eigenvalue weighted by molar-refractivity contribution is 5.93. The molecule has 1 saturated heterocycles. The molecule has 0 unspecified atom stereocenters. The van der Waals surface area contributed by atoms with Crippen molar-refractivity contribution in [2.45, 2.75) is 12.3 Å². The molecule has 1 aliphatic heterocycles. The average Bonchev–Trinajstić information content (AvgIpc) is 2.75. The lowest BCUT2D eigenvalue weighted by molar-refractivity contribution is -0.120. The molecule has 1 amide bonds. The van der Waals surface area contributed by atoms with Crippen LogP contribution in [0.3, 0.4) is 0 Å². The molecule has 2 N–H and O–H groups in total. The van der Waals surface area contributed by atoms with Crippen molar-refractivity contribution in [3.63, 3.8) is 0 Å². The summed E-state index contributed by atoms with van der Waals surface area (Å²) in [7, 11) is 0. The molecule has 3 heteroatoms. The maximum atomic E-state index is 12.8. The van der Waals surface area contributed by atoms with Crippen LogP contribution in [0.1, 0.15) is 17.9 Å². The minimum atomic E-state index is -0.0238. The summed E-state index contributed by atoms with van der Waals surface area (Å²) in [5.41, 5.74) is 4.41. The van der Waals surface area contributed by atoms with Crippen LogP contribution < -0.4 is 10.6 Å². The van der Waals surface area contributed by atoms with E-state index in [1.807, 2.05) is 42.5 Å². The third kappa shape index (κ3) is 4.26. The van der Waals surface area contributed by atoms with Crippen molar-refractivity contribution in [3.05, 3.63) is 90.5 Å². The summed E-state index contributed by atoms with van der Waals surface area (Å²) >= 11 is 0. The number of rotatable bonds is 4. The minimum Gasteiger partial charge on any atom is -0.326 e. The highest BCUT2D eigenvalue weighted by Crippen LogP contribution is 2.28. The van der Waals surface area contributed by atoms with Crippen molar-refractivity contribution in [3.8, 4) is 11.1 Å². The Kier molecular flexibility index (Phi) is 5.31. The fourth-order valence-corrected chi connectivity index (χ4v) is 3.77. The fourth-order valence-electron chi connectivity index (χ4n) is 3.77. The molecule has 0 saturated carbocycles. The summed E-state index contributed by atoms with van der Waals surface area (Å²) in [4.78, 5) is 12.8. The Morgan fingerprint density at radius 2 is 1.52 bits per heavy atom. The lowest BCUT2D eigenvalue weighted by Gasteiger charge is -2.29. The number of carbonyl (C=O) groups excluding carboxylic acids is 1. The topological polar surface area (TPSA) is 41.1 Å². The molecule has 136 valence electrons. The number of carbonyl (C=O) groups is 1. The monoisotopic (exact) mass is 356 g/mol. The van der Waals surface area contributed by atoms with Gasteiger partial charge in [0.05, 0.1) is 5.92 Å². The van der Waals surface area contributed by atoms with Gasteiger partial charge < -0.3 is 10.6 Å². The zero-order chi connectivity index (χ0) is 18.5. The van der Waals surface area contributed by atoms with Gasteiger partial charge in [-0.1, -0.05) is 72.8 Å². The molecule has 0 bridgehead atoms. The number of anilines is 1. The Morgan fingerprint density at radius 3 is 2.30 bits per heavy atom. The normalized spacial score (nSPS) is 19.4. The lowest BCUT2D eigenvalue weighted by atomic mass is 9.85. The number of nitrogens with one attached hydrogen (secondary N) is 2. The summed E-state index contributed by atoms with van der Waals surface area (Å²) < 4.78 is 0. The van der Waals surface area contributed by atoms with E-state index in [1.165, 1.54) is 5.56 Å². The summed E-state index contributed by atoms with van der Waals surface area (Å²) in [6.45, 7) is 1.66. The second-order valence-corrected chi connectivity index (χ2v) is 7.13. The largest absolute Gasteiger partial charge is 0.326 e. The molecule has 0 aromatic heterocycles. The van der Waals surface area contributed by atoms with Gasteiger partial charge in [0.1, 0.15) is 0 Å². The van der Waals surface area contributed by atoms with E-state index in [2.05, 4.69) is 53.1 Å². The van der Waals surface area contributed by atoms with Gasteiger partial charge in [-0.2, -0.15) is 0 Å². The highest BCUT2D eigenvalue weighted by atomic mass is 16.1. The van der Waals surface area contributed by atoms with Gasteiger partial charge >= 0.3 is 0 Å². The maximum Gasteiger partial charge on any atom is 0.228 e. The van der Waals surface area contributed by atoms with E-state index in [-0.39, 0.29) is 11.8 Å². The van der Waals surface area contributed by atoms with Crippen LogP contribution in [-0.2, 0) is 4.79 Å². The van der Waals surface area contributed by atoms with Crippen molar-refractivity contribution in [2.24, 2.45) is 5.92 Å². The molecule has 0 radical (unpaired) electrons. The molecule has 1 heterocycles. The van der Waals surface area contributed by atoms with Crippen molar-refractivity contribution < 1.29 is 4.79 Å². The molecule has 2 atom stereocenters. The summed E-state index contributed by atoms with van der Waals surface area (Å²) in [6, 6.07) is 28.7. The van der Waals surface area contributed by atoms with Crippen LogP contribution in [0.4, 0.5) is 5.69 Å². The van der Waals surface area contributed by atoms with Gasteiger partial charge in [0.25, 0.3) is 0 Å². The zero-order valence-electron chi connectivity index (χ0n) is 15.3. The van der Waals surface area contributed by atoms with Gasteiger partial charge in [0.15, 0.2) is 0 Å². The van der Waals surface area contributed by atoms with E-state index in [0.29, 0.717) is 5.92 Å². The van der Waals surface area contributed by atoms with Crippen LogP contribution in [0.5, 0.6) is 0 Å². The molecule has 0 spiro atoms. The van der Waals surface area contributed by atoms with Gasteiger partial charge in [-0.05, 0) is 41.2 Å². The molecular weight excluding hydrogens is 332 g/mol. The van der Waals surface area contributed by atoms with E-state index in [9.17, 15) is 4.79 Å². The van der Waals surface area contributed by atoms with Crippen LogP contribution in [-0.4, -0.2) is 19.0 Å². The minimum absolute atomic E-state index is 0.0238. The van der Waals surface area contributed by atoms with Gasteiger partial charge in [-0.25, -0.2) is 0 Å². The Hall–Kier alpha value is -2.91. The molecule has 1 aliphatic rings. The van der Waals surface area contributed by atoms with Crippen molar-refractivity contribution >= 4 is 11.6 Å². The Balaban J connectivity index is 1.44. The number of hydrogen-bond acceptors (Lipinski definition) is 2. The SMILES string of the molecule is O=C(Nc1cccc(-c2ccccc2)c1)[C@@H]1CNC[C@@H](c2ccccc2)C1. The molecule has 3 nitrogen and oxygen atoms in total. The molecule has 1 fully saturated rings. The van der Waals surface area contributed by atoms with Gasteiger partial charge in [-0.3, -0.25) is 4.79 Å². The predicted molar refractivity (Wildman–Crippen MR) is 111 cm³/mol. The second-order valence-electron chi connectivity index (χ2n) is 7.13. The number of hydrogen-bond donors (Lipinski definition) is 2. The second kappa shape index (κ2) is 8.19. The number of amides is 1. The first-order valence-corrected chi connectivity index (χ1v) is 9.51. The highest BCUT2D eigenvalue weighted by Gasteiger charge is 2.27. The van der Waals surface area contributed by atoms with E-state index in [0.717, 1.165) is 36.3 Å². The molecule has 4 rings (SSSR count). The summed E-state index contributed by atoms with van der Waals surface area (Å²) in [5.74, 6) is 0.448. The van der Waals surface area contributed by atoms with E-state index in [1.54, 1.807) is 0 Å². The molecule has 27 heavy (non-hydrogen) atoms. The summed E-state index contributed by atoms with van der Waals surface area (Å²) in [5, 5.41) is 6.54. The lowest BCUT2D eigenvalue weighted by Crippen LogP contribution is -2.40. The first-order chi connectivity index (χ1) is 13.3. The van der Waals surface area contributed by atoms with Crippen LogP contribution in [0.25, 0.3) is 11.1 Å². The first kappa shape index (κ1) is 17.5. The zero-order valence-corrected chi connectivity index (χ0v) is 15.3. The van der Waals surface area contributed by atoms with Gasteiger partial charge in [0, 0.05) is 18.8 Å². The smallest absolute Gasteiger partial charge is 0.228 e. The average molecular weight is 356 g/mol. The third-order valence-electron chi connectivity index (χ3n) is 5.23. The Labute approximate surface area is 160 Å². The number of piperidine rings is 1. The number of benzene rings is 3. The standard InChI is InChI=1S/C24H24N2O/c27-24(22-14-21(16-25-17-22)19-10-5-2-6-11-19)26-23-13-7-12-20(15-23)18-8-3-1-4-9-18/h1-13,15,21-22,25H,14,16-17H2,(H,26,27)/t21-,22-/m0/s1.